The van der Waals surface area contributed by atoms with Gasteiger partial charge in [0.1, 0.15) is 0 Å². The number of hydrogen-bond acceptors (Lipinski definition) is 1. The molecule has 0 atom stereocenters. The fraction of sp³-hybridized carbons (Fsp3) is 1.00. The normalized spacial score (nSPS) is 10.2. The largest absolute Gasteiger partial charge is 0.382 e. The predicted octanol–water partition coefficient (Wildman–Crippen LogP) is 2.78. The van der Waals surface area contributed by atoms with Gasteiger partial charge >= 0.3 is 0 Å². The molecule has 0 saturated heterocycles. The fourth-order valence-corrected chi connectivity index (χ4v) is 1.01. The molecule has 0 spiro atoms. The van der Waals surface area contributed by atoms with Gasteiger partial charge in [-0.1, -0.05) is 25.5 Å². The minimum atomic E-state index is 0.848. The van der Waals surface area contributed by atoms with Gasteiger partial charge in [0, 0.05) is 19.0 Å². The molecule has 61 valence electrons. The smallest absolute Gasteiger partial charge is 0.0465 e. The molecule has 0 N–H and O–H groups in total. The van der Waals surface area contributed by atoms with Crippen LogP contribution in [0.15, 0.2) is 0 Å². The maximum Gasteiger partial charge on any atom is 0.0465 e. The summed E-state index contributed by atoms with van der Waals surface area (Å²) in [4.78, 5) is 0. The van der Waals surface area contributed by atoms with Crippen LogP contribution in [0.3, 0.4) is 0 Å². The molecular weight excluding hydrogens is 144 g/mol. The van der Waals surface area contributed by atoms with Crippen molar-refractivity contribution in [1.82, 2.24) is 0 Å². The van der Waals surface area contributed by atoms with Crippen LogP contribution in [0.25, 0.3) is 0 Å². The van der Waals surface area contributed by atoms with E-state index in [9.17, 15) is 0 Å². The lowest BCUT2D eigenvalue weighted by Crippen LogP contribution is -1.92. The van der Waals surface area contributed by atoms with E-state index in [1.165, 1.54) is 25.7 Å². The molecule has 0 unspecified atom stereocenters. The van der Waals surface area contributed by atoms with Crippen molar-refractivity contribution in [2.75, 3.05) is 19.0 Å². The Labute approximate surface area is 69.6 Å². The quantitative estimate of drug-likeness (QED) is 0.522. The molecule has 0 aliphatic heterocycles. The molecule has 0 heterocycles. The third-order valence-electron chi connectivity index (χ3n) is 1.39. The van der Waals surface area contributed by atoms with Crippen LogP contribution in [0.1, 0.15) is 32.6 Å². The van der Waals surface area contributed by atoms with Crippen LogP contribution in [0.2, 0.25) is 0 Å². The molecule has 0 aromatic carbocycles. The van der Waals surface area contributed by atoms with Crippen molar-refractivity contribution in [1.29, 1.82) is 0 Å². The Morgan fingerprint density at radius 3 is 2.40 bits per heavy atom. The van der Waals surface area contributed by atoms with Crippen LogP contribution in [-0.4, -0.2) is 19.0 Å². The lowest BCUT2D eigenvalue weighted by molar-refractivity contribution is 0.143. The van der Waals surface area contributed by atoms with Gasteiger partial charge in [-0.2, -0.15) is 0 Å². The first-order chi connectivity index (χ1) is 4.91. The van der Waals surface area contributed by atoms with E-state index in [0.29, 0.717) is 0 Å². The molecule has 0 saturated carbocycles. The van der Waals surface area contributed by atoms with Crippen molar-refractivity contribution in [3.8, 4) is 0 Å². The second-order valence-electron chi connectivity index (χ2n) is 2.32. The van der Waals surface area contributed by atoms with Gasteiger partial charge < -0.3 is 4.74 Å². The van der Waals surface area contributed by atoms with Gasteiger partial charge in [-0.05, 0) is 19.8 Å². The highest BCUT2D eigenvalue weighted by atomic mass is 32.1. The summed E-state index contributed by atoms with van der Waals surface area (Å²) in [6, 6.07) is 0. The fourth-order valence-electron chi connectivity index (χ4n) is 0.804. The first kappa shape index (κ1) is 10.3. The molecule has 2 heteroatoms. The standard InChI is InChI=1S/C8H17OS/c1-2-9-7-5-3-4-6-8-10/h2-8H2,1H3. The van der Waals surface area contributed by atoms with Gasteiger partial charge in [-0.25, -0.2) is 0 Å². The van der Waals surface area contributed by atoms with E-state index in [4.69, 9.17) is 17.4 Å². The number of hydrogen-bond donors (Lipinski definition) is 0. The van der Waals surface area contributed by atoms with Gasteiger partial charge in [0.05, 0.1) is 0 Å². The second kappa shape index (κ2) is 9.31. The average molecular weight is 161 g/mol. The van der Waals surface area contributed by atoms with Crippen LogP contribution >= 0.6 is 12.6 Å². The highest BCUT2D eigenvalue weighted by molar-refractivity contribution is 7.80. The van der Waals surface area contributed by atoms with Crippen molar-refractivity contribution in [2.24, 2.45) is 0 Å². The summed E-state index contributed by atoms with van der Waals surface area (Å²) in [7, 11) is 0. The van der Waals surface area contributed by atoms with E-state index in [1.54, 1.807) is 0 Å². The molecule has 0 rings (SSSR count). The Morgan fingerprint density at radius 1 is 1.10 bits per heavy atom. The topological polar surface area (TPSA) is 9.23 Å². The van der Waals surface area contributed by atoms with Crippen LogP contribution in [0.4, 0.5) is 0 Å². The van der Waals surface area contributed by atoms with Gasteiger partial charge in [-0.3, -0.25) is 0 Å². The lowest BCUT2D eigenvalue weighted by atomic mass is 10.2. The maximum absolute atomic E-state index is 5.19. The van der Waals surface area contributed by atoms with E-state index < -0.39 is 0 Å². The minimum Gasteiger partial charge on any atom is -0.382 e. The van der Waals surface area contributed by atoms with Crippen molar-refractivity contribution < 1.29 is 4.74 Å². The first-order valence-electron chi connectivity index (χ1n) is 4.07. The maximum atomic E-state index is 5.19. The van der Waals surface area contributed by atoms with Gasteiger partial charge in [0.15, 0.2) is 0 Å². The zero-order valence-electron chi connectivity index (χ0n) is 6.77. The molecule has 0 aromatic rings. The van der Waals surface area contributed by atoms with Gasteiger partial charge in [0.25, 0.3) is 0 Å². The molecule has 0 amide bonds. The highest BCUT2D eigenvalue weighted by Gasteiger charge is 1.87. The van der Waals surface area contributed by atoms with E-state index in [2.05, 4.69) is 0 Å². The lowest BCUT2D eigenvalue weighted by Gasteiger charge is -1.99. The van der Waals surface area contributed by atoms with Crippen LogP contribution in [-0.2, 0) is 4.74 Å². The summed E-state index contributed by atoms with van der Waals surface area (Å²) in [5, 5.41) is 0. The predicted molar refractivity (Wildman–Crippen MR) is 47.4 cm³/mol. The average Bonchev–Trinajstić information content (AvgIpc) is 1.97. The van der Waals surface area contributed by atoms with Crippen LogP contribution in [0, 0.1) is 0 Å². The number of ether oxygens (including phenoxy) is 1. The van der Waals surface area contributed by atoms with Crippen LogP contribution < -0.4 is 0 Å². The Kier molecular flexibility index (Phi) is 9.60. The first-order valence-corrected chi connectivity index (χ1v) is 4.65. The molecule has 0 fully saturated rings. The molecule has 0 aliphatic carbocycles. The Balaban J connectivity index is 2.65. The van der Waals surface area contributed by atoms with Gasteiger partial charge in [-0.15, -0.1) is 0 Å². The molecule has 0 bridgehead atoms. The molecule has 0 aliphatic rings. The summed E-state index contributed by atoms with van der Waals surface area (Å²) in [5.41, 5.74) is 0. The Hall–Kier alpha value is 0.310. The summed E-state index contributed by atoms with van der Waals surface area (Å²) in [5.74, 6) is 0.911. The third-order valence-corrected chi connectivity index (χ3v) is 1.68. The van der Waals surface area contributed by atoms with Crippen LogP contribution in [0.5, 0.6) is 0 Å². The van der Waals surface area contributed by atoms with E-state index in [1.807, 2.05) is 6.92 Å². The van der Waals surface area contributed by atoms with E-state index >= 15 is 0 Å². The van der Waals surface area contributed by atoms with E-state index in [0.717, 1.165) is 19.0 Å². The molecule has 1 radical (unpaired) electrons. The Bertz CT molecular complexity index is 49.2. The summed E-state index contributed by atoms with van der Waals surface area (Å²) < 4.78 is 5.19. The van der Waals surface area contributed by atoms with Crippen molar-refractivity contribution in [2.45, 2.75) is 32.6 Å². The zero-order valence-corrected chi connectivity index (χ0v) is 7.58. The number of rotatable bonds is 7. The monoisotopic (exact) mass is 161 g/mol. The van der Waals surface area contributed by atoms with Crippen molar-refractivity contribution in [3.63, 3.8) is 0 Å². The molecular formula is C8H17OS. The zero-order chi connectivity index (χ0) is 7.66. The van der Waals surface area contributed by atoms with Crippen molar-refractivity contribution in [3.05, 3.63) is 0 Å². The highest BCUT2D eigenvalue weighted by Crippen LogP contribution is 2.00. The van der Waals surface area contributed by atoms with Gasteiger partial charge in [0.2, 0.25) is 0 Å². The minimum absolute atomic E-state index is 0.848. The summed E-state index contributed by atoms with van der Waals surface area (Å²) in [6.45, 7) is 3.80. The molecule has 1 nitrogen and oxygen atoms in total. The Morgan fingerprint density at radius 2 is 1.80 bits per heavy atom. The second-order valence-corrected chi connectivity index (χ2v) is 2.72. The SMILES string of the molecule is CCOCCCCCC[S]. The third kappa shape index (κ3) is 8.31. The molecule has 10 heavy (non-hydrogen) atoms. The van der Waals surface area contributed by atoms with E-state index in [-0.39, 0.29) is 0 Å². The summed E-state index contributed by atoms with van der Waals surface area (Å²) in [6.07, 6.45) is 4.94. The summed E-state index contributed by atoms with van der Waals surface area (Å²) >= 11 is 4.82. The molecule has 0 aromatic heterocycles. The van der Waals surface area contributed by atoms with Crippen molar-refractivity contribution >= 4 is 12.6 Å². The number of unbranched alkanes of at least 4 members (excludes halogenated alkanes) is 3.